The summed E-state index contributed by atoms with van der Waals surface area (Å²) in [7, 11) is 1.56. The van der Waals surface area contributed by atoms with Gasteiger partial charge in [-0.2, -0.15) is 4.98 Å². The Morgan fingerprint density at radius 1 is 1.30 bits per heavy atom. The molecule has 3 rings (SSSR count). The highest BCUT2D eigenvalue weighted by molar-refractivity contribution is 5.85. The minimum Gasteiger partial charge on any atom is -0.481 e. The van der Waals surface area contributed by atoms with Gasteiger partial charge in [0.2, 0.25) is 5.88 Å². The Bertz CT molecular complexity index is 713. The third kappa shape index (κ3) is 3.99. The first kappa shape index (κ1) is 17.7. The average Bonchev–Trinajstić information content (AvgIpc) is 2.55. The summed E-state index contributed by atoms with van der Waals surface area (Å²) in [6, 6.07) is 3.87. The number of nitrogens with zero attached hydrogens (tertiary/aromatic N) is 4. The lowest BCUT2D eigenvalue weighted by molar-refractivity contribution is 0.206. The second-order valence-electron chi connectivity index (χ2n) is 5.62. The number of nitrogens with two attached hydrogens (primary N) is 1. The van der Waals surface area contributed by atoms with E-state index in [0.717, 1.165) is 32.5 Å². The van der Waals surface area contributed by atoms with Crippen molar-refractivity contribution in [3.8, 4) is 5.88 Å². The molecule has 0 spiro atoms. The van der Waals surface area contributed by atoms with Crippen LogP contribution in [0.5, 0.6) is 5.88 Å². The highest BCUT2D eigenvalue weighted by Gasteiger charge is 2.16. The van der Waals surface area contributed by atoms with Crippen molar-refractivity contribution in [1.82, 2.24) is 19.4 Å². The van der Waals surface area contributed by atoms with Gasteiger partial charge in [0.05, 0.1) is 13.3 Å². The molecule has 7 nitrogen and oxygen atoms in total. The first-order valence-electron chi connectivity index (χ1n) is 7.56. The summed E-state index contributed by atoms with van der Waals surface area (Å²) < 4.78 is 6.81. The zero-order chi connectivity index (χ0) is 15.5. The smallest absolute Gasteiger partial charge is 0.270 e. The number of hydrogen-bond donors (Lipinski definition) is 1. The summed E-state index contributed by atoms with van der Waals surface area (Å²) in [5.41, 5.74) is 7.05. The molecular weight excluding hydrogens is 318 g/mol. The number of rotatable bonds is 4. The standard InChI is InChI=1S/C15H21N5O2.ClH/c1-22-13-3-2-12-15(18-13)20(14(21)10-17-12)9-8-19-6-4-11(16)5-7-19;/h2-3,10-11H,4-9,16H2,1H3;1H. The van der Waals surface area contributed by atoms with E-state index in [-0.39, 0.29) is 18.0 Å². The molecular formula is C15H22ClN5O2. The second-order valence-corrected chi connectivity index (χ2v) is 5.62. The van der Waals surface area contributed by atoms with Crippen LogP contribution in [0.1, 0.15) is 12.8 Å². The number of methoxy groups -OCH3 is 1. The molecule has 0 unspecified atom stereocenters. The van der Waals surface area contributed by atoms with Crippen LogP contribution in [0.2, 0.25) is 0 Å². The fourth-order valence-corrected chi connectivity index (χ4v) is 2.77. The van der Waals surface area contributed by atoms with Crippen molar-refractivity contribution in [2.75, 3.05) is 26.7 Å². The molecule has 3 heterocycles. The molecule has 0 aliphatic carbocycles. The first-order chi connectivity index (χ1) is 10.7. The molecule has 0 aromatic carbocycles. The van der Waals surface area contributed by atoms with Gasteiger partial charge >= 0.3 is 0 Å². The SMILES string of the molecule is COc1ccc2ncc(=O)n(CCN3CCC(N)CC3)c2n1.Cl. The summed E-state index contributed by atoms with van der Waals surface area (Å²) in [5.74, 6) is 0.484. The molecule has 1 fully saturated rings. The van der Waals surface area contributed by atoms with Gasteiger partial charge in [-0.05, 0) is 32.0 Å². The first-order valence-corrected chi connectivity index (χ1v) is 7.56. The highest BCUT2D eigenvalue weighted by atomic mass is 35.5. The van der Waals surface area contributed by atoms with Crippen LogP contribution in [0.25, 0.3) is 11.2 Å². The Balaban J connectivity index is 0.00000192. The van der Waals surface area contributed by atoms with Crippen molar-refractivity contribution < 1.29 is 4.74 Å². The number of halogens is 1. The molecule has 23 heavy (non-hydrogen) atoms. The maximum Gasteiger partial charge on any atom is 0.270 e. The second kappa shape index (κ2) is 7.72. The van der Waals surface area contributed by atoms with Crippen molar-refractivity contribution in [3.05, 3.63) is 28.7 Å². The third-order valence-corrected chi connectivity index (χ3v) is 4.15. The average molecular weight is 340 g/mol. The van der Waals surface area contributed by atoms with Crippen LogP contribution in [0, 0.1) is 0 Å². The predicted octanol–water partition coefficient (Wildman–Crippen LogP) is 0.645. The van der Waals surface area contributed by atoms with E-state index >= 15 is 0 Å². The molecule has 1 aliphatic heterocycles. The van der Waals surface area contributed by atoms with Crippen LogP contribution in [0.15, 0.2) is 23.1 Å². The molecule has 0 radical (unpaired) electrons. The lowest BCUT2D eigenvalue weighted by Crippen LogP contribution is -2.41. The Kier molecular flexibility index (Phi) is 5.92. The molecule has 0 saturated carbocycles. The fraction of sp³-hybridized carbons (Fsp3) is 0.533. The molecule has 2 aromatic heterocycles. The topological polar surface area (TPSA) is 86.3 Å². The van der Waals surface area contributed by atoms with E-state index in [1.807, 2.05) is 6.07 Å². The predicted molar refractivity (Wildman–Crippen MR) is 91.2 cm³/mol. The van der Waals surface area contributed by atoms with Gasteiger partial charge in [0, 0.05) is 25.2 Å². The van der Waals surface area contributed by atoms with Crippen LogP contribution in [-0.4, -0.2) is 52.2 Å². The Morgan fingerprint density at radius 3 is 2.74 bits per heavy atom. The third-order valence-electron chi connectivity index (χ3n) is 4.15. The molecule has 1 saturated heterocycles. The monoisotopic (exact) mass is 339 g/mol. The van der Waals surface area contributed by atoms with Crippen LogP contribution >= 0.6 is 12.4 Å². The quantitative estimate of drug-likeness (QED) is 0.880. The van der Waals surface area contributed by atoms with E-state index in [1.54, 1.807) is 17.7 Å². The summed E-state index contributed by atoms with van der Waals surface area (Å²) in [6.07, 6.45) is 3.37. The maximum atomic E-state index is 12.1. The zero-order valence-corrected chi connectivity index (χ0v) is 14.0. The maximum absolute atomic E-state index is 12.1. The van der Waals surface area contributed by atoms with Crippen molar-refractivity contribution in [2.24, 2.45) is 5.73 Å². The van der Waals surface area contributed by atoms with E-state index in [9.17, 15) is 4.79 Å². The Labute approximate surface area is 140 Å². The van der Waals surface area contributed by atoms with Crippen molar-refractivity contribution >= 4 is 23.6 Å². The van der Waals surface area contributed by atoms with Crippen LogP contribution in [0.3, 0.4) is 0 Å². The Hall–Kier alpha value is -1.70. The van der Waals surface area contributed by atoms with Gasteiger partial charge in [-0.15, -0.1) is 12.4 Å². The highest BCUT2D eigenvalue weighted by Crippen LogP contribution is 2.13. The van der Waals surface area contributed by atoms with E-state index in [0.29, 0.717) is 29.6 Å². The van der Waals surface area contributed by atoms with Crippen LogP contribution in [-0.2, 0) is 6.54 Å². The number of pyridine rings is 1. The molecule has 8 heteroatoms. The van der Waals surface area contributed by atoms with Crippen molar-refractivity contribution in [3.63, 3.8) is 0 Å². The van der Waals surface area contributed by atoms with Gasteiger partial charge in [-0.1, -0.05) is 0 Å². The molecule has 0 atom stereocenters. The number of fused-ring (bicyclic) bond motifs is 1. The summed E-state index contributed by atoms with van der Waals surface area (Å²) in [5, 5.41) is 0. The van der Waals surface area contributed by atoms with Gasteiger partial charge in [-0.3, -0.25) is 9.36 Å². The number of hydrogen-bond acceptors (Lipinski definition) is 6. The number of ether oxygens (including phenoxy) is 1. The van der Waals surface area contributed by atoms with Gasteiger partial charge in [0.25, 0.3) is 5.56 Å². The van der Waals surface area contributed by atoms with Crippen molar-refractivity contribution in [1.29, 1.82) is 0 Å². The van der Waals surface area contributed by atoms with Gasteiger partial charge < -0.3 is 15.4 Å². The van der Waals surface area contributed by atoms with E-state index in [1.165, 1.54) is 6.20 Å². The summed E-state index contributed by atoms with van der Waals surface area (Å²) >= 11 is 0. The largest absolute Gasteiger partial charge is 0.481 e. The number of likely N-dealkylation sites (tertiary alicyclic amines) is 1. The molecule has 2 N–H and O–H groups in total. The van der Waals surface area contributed by atoms with E-state index in [2.05, 4.69) is 14.9 Å². The van der Waals surface area contributed by atoms with E-state index in [4.69, 9.17) is 10.5 Å². The van der Waals surface area contributed by atoms with Crippen LogP contribution < -0.4 is 16.0 Å². The van der Waals surface area contributed by atoms with Crippen molar-refractivity contribution in [2.45, 2.75) is 25.4 Å². The summed E-state index contributed by atoms with van der Waals surface area (Å²) in [6.45, 7) is 3.36. The molecule has 126 valence electrons. The van der Waals surface area contributed by atoms with Gasteiger partial charge in [0.1, 0.15) is 5.52 Å². The minimum absolute atomic E-state index is 0. The van der Waals surface area contributed by atoms with Gasteiger partial charge in [-0.25, -0.2) is 4.98 Å². The number of piperidine rings is 1. The lowest BCUT2D eigenvalue weighted by Gasteiger charge is -2.30. The molecule has 2 aromatic rings. The molecule has 0 amide bonds. The molecule has 0 bridgehead atoms. The van der Waals surface area contributed by atoms with Crippen LogP contribution in [0.4, 0.5) is 0 Å². The number of aromatic nitrogens is 3. The minimum atomic E-state index is -0.137. The normalized spacial score (nSPS) is 16.3. The van der Waals surface area contributed by atoms with Gasteiger partial charge in [0.15, 0.2) is 5.65 Å². The zero-order valence-electron chi connectivity index (χ0n) is 13.1. The Morgan fingerprint density at radius 2 is 2.04 bits per heavy atom. The lowest BCUT2D eigenvalue weighted by atomic mass is 10.1. The molecule has 1 aliphatic rings. The summed E-state index contributed by atoms with van der Waals surface area (Å²) in [4.78, 5) is 23.0. The fourth-order valence-electron chi connectivity index (χ4n) is 2.77. The van der Waals surface area contributed by atoms with E-state index < -0.39 is 0 Å².